The lowest BCUT2D eigenvalue weighted by molar-refractivity contribution is 0.414. The number of aromatic nitrogens is 1. The number of hydrogen-bond donors (Lipinski definition) is 0. The molecule has 0 unspecified atom stereocenters. The van der Waals surface area contributed by atoms with Crippen molar-refractivity contribution in [3.63, 3.8) is 0 Å². The van der Waals surface area contributed by atoms with E-state index >= 15 is 0 Å². The Labute approximate surface area is 164 Å². The summed E-state index contributed by atoms with van der Waals surface area (Å²) in [7, 11) is -1.68. The summed E-state index contributed by atoms with van der Waals surface area (Å²) >= 11 is 0. The maximum atomic E-state index is 5.51. The molecule has 2 nitrogen and oxygen atoms in total. The Morgan fingerprint density at radius 1 is 0.926 bits per heavy atom. The van der Waals surface area contributed by atoms with Gasteiger partial charge in [0.15, 0.2) is 0 Å². The zero-order valence-electron chi connectivity index (χ0n) is 17.2. The van der Waals surface area contributed by atoms with E-state index < -0.39 is 16.1 Å². The van der Waals surface area contributed by atoms with Gasteiger partial charge in [-0.05, 0) is 28.9 Å². The van der Waals surface area contributed by atoms with Crippen molar-refractivity contribution >= 4 is 37.4 Å². The maximum absolute atomic E-state index is 5.51. The predicted octanol–water partition coefficient (Wildman–Crippen LogP) is 5.66. The minimum absolute atomic E-state index is 0.912. The first-order chi connectivity index (χ1) is 12.7. The maximum Gasteiger partial charge on any atom is 0.119 e. The van der Waals surface area contributed by atoms with Crippen molar-refractivity contribution in [1.29, 1.82) is 0 Å². The third-order valence-corrected chi connectivity index (χ3v) is 9.91. The molecule has 0 atom stereocenters. The third kappa shape index (κ3) is 4.22. The molecule has 1 aromatic heterocycles. The van der Waals surface area contributed by atoms with Crippen molar-refractivity contribution in [3.8, 4) is 5.75 Å². The molecule has 1 heterocycles. The van der Waals surface area contributed by atoms with Gasteiger partial charge in [-0.2, -0.15) is 0 Å². The first-order valence-corrected chi connectivity index (χ1v) is 16.0. The van der Waals surface area contributed by atoms with E-state index in [1.807, 2.05) is 18.3 Å². The monoisotopic (exact) mass is 391 g/mol. The van der Waals surface area contributed by atoms with E-state index in [9.17, 15) is 0 Å². The molecule has 0 bridgehead atoms. The van der Waals surface area contributed by atoms with E-state index in [0.717, 1.165) is 11.3 Å². The Bertz CT molecular complexity index is 982. The molecule has 0 aliphatic carbocycles. The van der Waals surface area contributed by atoms with Crippen LogP contribution in [0, 0.1) is 0 Å². The minimum Gasteiger partial charge on any atom is -0.497 e. The number of nitrogens with zero attached hydrogens (tertiary/aromatic N) is 1. The van der Waals surface area contributed by atoms with Gasteiger partial charge in [-0.25, -0.2) is 0 Å². The molecular formula is C23H29NOSi2. The van der Waals surface area contributed by atoms with Gasteiger partial charge in [0, 0.05) is 11.6 Å². The summed E-state index contributed by atoms with van der Waals surface area (Å²) < 4.78 is 5.51. The van der Waals surface area contributed by atoms with Crippen molar-refractivity contribution in [2.45, 2.75) is 32.7 Å². The van der Waals surface area contributed by atoms with Crippen LogP contribution < -0.4 is 9.92 Å². The molecule has 3 aromatic rings. The fourth-order valence-corrected chi connectivity index (χ4v) is 9.86. The molecule has 0 aliphatic heterocycles. The highest BCUT2D eigenvalue weighted by molar-refractivity contribution is 7.07. The molecule has 0 fully saturated rings. The summed E-state index contributed by atoms with van der Waals surface area (Å²) in [5.74, 6) is 0.912. The second kappa shape index (κ2) is 7.45. The van der Waals surface area contributed by atoms with Crippen LogP contribution in [0.4, 0.5) is 0 Å². The molecule has 2 aromatic carbocycles. The Hall–Kier alpha value is -2.18. The largest absolute Gasteiger partial charge is 0.497 e. The van der Waals surface area contributed by atoms with Crippen LogP contribution in [0.5, 0.6) is 5.75 Å². The number of benzene rings is 2. The average molecular weight is 392 g/mol. The van der Waals surface area contributed by atoms with Crippen LogP contribution in [0.1, 0.15) is 5.56 Å². The van der Waals surface area contributed by atoms with Crippen molar-refractivity contribution < 1.29 is 4.74 Å². The first-order valence-electron chi connectivity index (χ1n) is 9.44. The molecule has 0 N–H and O–H groups in total. The summed E-state index contributed by atoms with van der Waals surface area (Å²) in [6.45, 7) is 12.1. The van der Waals surface area contributed by atoms with Gasteiger partial charge in [0.05, 0.1) is 20.7 Å². The van der Waals surface area contributed by atoms with E-state index in [1.165, 1.54) is 21.3 Å². The van der Waals surface area contributed by atoms with Gasteiger partial charge in [0.25, 0.3) is 0 Å². The molecule has 0 saturated heterocycles. The Morgan fingerprint density at radius 3 is 2.33 bits per heavy atom. The van der Waals surface area contributed by atoms with Gasteiger partial charge in [-0.1, -0.05) is 80.0 Å². The van der Waals surface area contributed by atoms with Gasteiger partial charge in [-0.15, -0.1) is 0 Å². The highest BCUT2D eigenvalue weighted by Gasteiger charge is 2.33. The van der Waals surface area contributed by atoms with Crippen LogP contribution in [0.15, 0.2) is 66.5 Å². The topological polar surface area (TPSA) is 22.1 Å². The lowest BCUT2D eigenvalue weighted by Gasteiger charge is -2.30. The molecule has 140 valence electrons. The van der Waals surface area contributed by atoms with Gasteiger partial charge < -0.3 is 4.74 Å². The van der Waals surface area contributed by atoms with Crippen LogP contribution >= 0.6 is 0 Å². The minimum atomic E-state index is -1.98. The van der Waals surface area contributed by atoms with Crippen molar-refractivity contribution in [1.82, 2.24) is 4.98 Å². The number of ether oxygens (including phenoxy) is 1. The fourth-order valence-electron chi connectivity index (χ4n) is 3.60. The number of rotatable bonds is 5. The van der Waals surface area contributed by atoms with E-state index in [2.05, 4.69) is 80.9 Å². The highest BCUT2D eigenvalue weighted by Crippen LogP contribution is 2.31. The second-order valence-electron chi connectivity index (χ2n) is 8.66. The summed E-state index contributed by atoms with van der Waals surface area (Å²) in [4.78, 5) is 4.75. The van der Waals surface area contributed by atoms with Crippen LogP contribution in [-0.4, -0.2) is 28.2 Å². The molecule has 27 heavy (non-hydrogen) atoms. The van der Waals surface area contributed by atoms with Gasteiger partial charge in [-0.3, -0.25) is 4.98 Å². The Balaban J connectivity index is 2.25. The molecule has 0 spiro atoms. The highest BCUT2D eigenvalue weighted by atomic mass is 28.3. The lowest BCUT2D eigenvalue weighted by atomic mass is 10.2. The second-order valence-corrected chi connectivity index (χ2v) is 18.0. The molecule has 0 radical (unpaired) electrons. The van der Waals surface area contributed by atoms with E-state index in [1.54, 1.807) is 7.11 Å². The zero-order chi connectivity index (χ0) is 19.7. The molecule has 0 amide bonds. The quantitative estimate of drug-likeness (QED) is 0.524. The van der Waals surface area contributed by atoms with E-state index in [4.69, 9.17) is 9.72 Å². The summed E-state index contributed by atoms with van der Waals surface area (Å²) in [5, 5.41) is 4.10. The number of hydrogen-bond acceptors (Lipinski definition) is 2. The van der Waals surface area contributed by atoms with Crippen molar-refractivity contribution in [2.24, 2.45) is 0 Å². The first kappa shape index (κ1) is 19.6. The number of methoxy groups -OCH3 is 1. The molecule has 3 rings (SSSR count). The normalized spacial score (nSPS) is 13.0. The Morgan fingerprint density at radius 2 is 1.63 bits per heavy atom. The molecular weight excluding hydrogens is 362 g/mol. The lowest BCUT2D eigenvalue weighted by Crippen LogP contribution is -2.44. The predicted molar refractivity (Wildman–Crippen MR) is 123 cm³/mol. The summed E-state index contributed by atoms with van der Waals surface area (Å²) in [6, 6.07) is 19.3. The average Bonchev–Trinajstić information content (AvgIpc) is 2.65. The van der Waals surface area contributed by atoms with Crippen molar-refractivity contribution in [3.05, 3.63) is 72.1 Å². The third-order valence-electron chi connectivity index (χ3n) is 4.94. The molecule has 0 aliphatic rings. The van der Waals surface area contributed by atoms with E-state index in [-0.39, 0.29) is 0 Å². The molecule has 0 saturated carbocycles. The van der Waals surface area contributed by atoms with Crippen LogP contribution in [0.25, 0.3) is 16.1 Å². The van der Waals surface area contributed by atoms with Crippen LogP contribution in [0.2, 0.25) is 32.7 Å². The van der Waals surface area contributed by atoms with Crippen LogP contribution in [0.3, 0.4) is 0 Å². The fraction of sp³-hybridized carbons (Fsp3) is 0.261. The standard InChI is InChI=1S/C23H29NOSi2/c1-25-20-13-7-11-19(16-20)22(17-26(2,3)4)27(5,6)21-14-8-10-18-12-9-15-24-23(18)21/h7-17H,1-6H3/b22-17+. The zero-order valence-corrected chi connectivity index (χ0v) is 19.2. The van der Waals surface area contributed by atoms with E-state index in [0.29, 0.717) is 0 Å². The van der Waals surface area contributed by atoms with Gasteiger partial charge in [0.2, 0.25) is 0 Å². The van der Waals surface area contributed by atoms with Crippen molar-refractivity contribution in [2.75, 3.05) is 7.11 Å². The number of para-hydroxylation sites is 1. The molecule has 4 heteroatoms. The Kier molecular flexibility index (Phi) is 5.40. The summed E-state index contributed by atoms with van der Waals surface area (Å²) in [6.07, 6.45) is 1.91. The van der Waals surface area contributed by atoms with Crippen LogP contribution in [-0.2, 0) is 0 Å². The number of pyridine rings is 1. The summed E-state index contributed by atoms with van der Waals surface area (Å²) in [5.41, 5.74) is 5.00. The SMILES string of the molecule is COc1cccc(/C(=C\[Si](C)(C)C)[Si](C)(C)c2cccc3cccnc23)c1. The smallest absolute Gasteiger partial charge is 0.119 e. The van der Waals surface area contributed by atoms with Gasteiger partial charge in [0.1, 0.15) is 13.8 Å². The number of fused-ring (bicyclic) bond motifs is 1. The van der Waals surface area contributed by atoms with Gasteiger partial charge >= 0.3 is 0 Å².